The topological polar surface area (TPSA) is 72.7 Å². The van der Waals surface area contributed by atoms with Crippen molar-refractivity contribution in [2.45, 2.75) is 13.0 Å². The molecule has 3 rings (SSSR count). The number of nitrogens with zero attached hydrogens (tertiary/aromatic N) is 4. The number of carbonyl (C=O) groups excluding carboxylic acids is 1. The normalized spacial score (nSPS) is 10.6. The van der Waals surface area contributed by atoms with E-state index in [-0.39, 0.29) is 18.3 Å². The standard InChI is InChI=1S/C17H15ClFN5O/c18-14-3-1-2-13(10-14)17-21-23-24(22-17)11-16(25)20-9-8-12-4-6-15(19)7-5-12/h1-7,10H,8-9,11H2,(H,20,25). The van der Waals surface area contributed by atoms with Crippen LogP contribution in [0.5, 0.6) is 0 Å². The smallest absolute Gasteiger partial charge is 0.243 e. The molecule has 1 amide bonds. The molecule has 0 unspecified atom stereocenters. The zero-order chi connectivity index (χ0) is 17.6. The number of amides is 1. The molecular formula is C17H15ClFN5O. The Labute approximate surface area is 148 Å². The number of aromatic nitrogens is 4. The maximum absolute atomic E-state index is 12.8. The molecule has 1 N–H and O–H groups in total. The SMILES string of the molecule is O=C(Cn1nnc(-c2cccc(Cl)c2)n1)NCCc1ccc(F)cc1. The number of rotatable bonds is 6. The van der Waals surface area contributed by atoms with Crippen molar-refractivity contribution in [3.63, 3.8) is 0 Å². The number of carbonyl (C=O) groups is 1. The van der Waals surface area contributed by atoms with Gasteiger partial charge in [0.2, 0.25) is 11.7 Å². The highest BCUT2D eigenvalue weighted by atomic mass is 35.5. The van der Waals surface area contributed by atoms with Crippen LogP contribution in [0.15, 0.2) is 48.5 Å². The first kappa shape index (κ1) is 17.0. The average molecular weight is 360 g/mol. The van der Waals surface area contributed by atoms with E-state index in [0.29, 0.717) is 23.8 Å². The summed E-state index contributed by atoms with van der Waals surface area (Å²) in [6.07, 6.45) is 0.616. The van der Waals surface area contributed by atoms with Gasteiger partial charge in [0.1, 0.15) is 12.4 Å². The van der Waals surface area contributed by atoms with Crippen LogP contribution in [0.25, 0.3) is 11.4 Å². The molecule has 0 spiro atoms. The predicted molar refractivity (Wildman–Crippen MR) is 91.4 cm³/mol. The molecule has 1 aromatic heterocycles. The number of nitrogens with one attached hydrogen (secondary N) is 1. The Balaban J connectivity index is 1.50. The first-order valence-electron chi connectivity index (χ1n) is 7.65. The lowest BCUT2D eigenvalue weighted by Gasteiger charge is -2.04. The number of benzene rings is 2. The van der Waals surface area contributed by atoms with Crippen molar-refractivity contribution in [1.29, 1.82) is 0 Å². The lowest BCUT2D eigenvalue weighted by atomic mass is 10.1. The molecule has 25 heavy (non-hydrogen) atoms. The summed E-state index contributed by atoms with van der Waals surface area (Å²) in [5.74, 6) is -0.0979. The van der Waals surface area contributed by atoms with E-state index in [2.05, 4.69) is 20.7 Å². The maximum atomic E-state index is 12.8. The van der Waals surface area contributed by atoms with Gasteiger partial charge in [0, 0.05) is 17.1 Å². The van der Waals surface area contributed by atoms with Gasteiger partial charge in [-0.3, -0.25) is 4.79 Å². The van der Waals surface area contributed by atoms with E-state index < -0.39 is 0 Å². The molecule has 128 valence electrons. The molecule has 8 heteroatoms. The summed E-state index contributed by atoms with van der Waals surface area (Å²) in [6.45, 7) is 0.414. The van der Waals surface area contributed by atoms with Gasteiger partial charge in [-0.15, -0.1) is 10.2 Å². The second-order valence-electron chi connectivity index (χ2n) is 5.38. The Hall–Kier alpha value is -2.80. The second-order valence-corrected chi connectivity index (χ2v) is 5.82. The Bertz CT molecular complexity index is 865. The van der Waals surface area contributed by atoms with Gasteiger partial charge >= 0.3 is 0 Å². The number of halogens is 2. The van der Waals surface area contributed by atoms with Gasteiger partial charge in [-0.05, 0) is 41.5 Å². The lowest BCUT2D eigenvalue weighted by molar-refractivity contribution is -0.122. The van der Waals surface area contributed by atoms with E-state index in [0.717, 1.165) is 11.1 Å². The van der Waals surface area contributed by atoms with E-state index >= 15 is 0 Å². The van der Waals surface area contributed by atoms with E-state index in [1.807, 2.05) is 6.07 Å². The van der Waals surface area contributed by atoms with Crippen molar-refractivity contribution >= 4 is 17.5 Å². The van der Waals surface area contributed by atoms with Crippen molar-refractivity contribution in [3.8, 4) is 11.4 Å². The molecule has 3 aromatic rings. The summed E-state index contributed by atoms with van der Waals surface area (Å²) in [6, 6.07) is 13.3. The monoisotopic (exact) mass is 359 g/mol. The lowest BCUT2D eigenvalue weighted by Crippen LogP contribution is -2.30. The Morgan fingerprint density at radius 1 is 1.20 bits per heavy atom. The molecule has 6 nitrogen and oxygen atoms in total. The van der Waals surface area contributed by atoms with Crippen molar-refractivity contribution in [1.82, 2.24) is 25.5 Å². The summed E-state index contributed by atoms with van der Waals surface area (Å²) in [4.78, 5) is 13.2. The quantitative estimate of drug-likeness (QED) is 0.734. The highest BCUT2D eigenvalue weighted by Crippen LogP contribution is 2.18. The fourth-order valence-corrected chi connectivity index (χ4v) is 2.43. The highest BCUT2D eigenvalue weighted by Gasteiger charge is 2.09. The number of tetrazole rings is 1. The van der Waals surface area contributed by atoms with Gasteiger partial charge in [-0.1, -0.05) is 35.9 Å². The van der Waals surface area contributed by atoms with Gasteiger partial charge < -0.3 is 5.32 Å². The number of hydrogen-bond donors (Lipinski definition) is 1. The Morgan fingerprint density at radius 3 is 2.76 bits per heavy atom. The molecule has 1 heterocycles. The van der Waals surface area contributed by atoms with Crippen LogP contribution in [0.1, 0.15) is 5.56 Å². The summed E-state index contributed by atoms with van der Waals surface area (Å²) in [5.41, 5.74) is 1.68. The van der Waals surface area contributed by atoms with Gasteiger partial charge in [-0.25, -0.2) is 4.39 Å². The van der Waals surface area contributed by atoms with Gasteiger partial charge in [0.05, 0.1) is 0 Å². The summed E-state index contributed by atoms with van der Waals surface area (Å²) in [7, 11) is 0. The van der Waals surface area contributed by atoms with Crippen LogP contribution < -0.4 is 5.32 Å². The largest absolute Gasteiger partial charge is 0.354 e. The molecule has 0 aliphatic rings. The van der Waals surface area contributed by atoms with Crippen molar-refractivity contribution in [3.05, 3.63) is 64.9 Å². The molecular weight excluding hydrogens is 345 g/mol. The van der Waals surface area contributed by atoms with E-state index in [1.54, 1.807) is 30.3 Å². The average Bonchev–Trinajstić information content (AvgIpc) is 3.05. The van der Waals surface area contributed by atoms with Crippen LogP contribution in [0.4, 0.5) is 4.39 Å². The van der Waals surface area contributed by atoms with Crippen LogP contribution in [0.3, 0.4) is 0 Å². The van der Waals surface area contributed by atoms with Crippen LogP contribution in [0, 0.1) is 5.82 Å². The first-order valence-corrected chi connectivity index (χ1v) is 8.03. The molecule has 0 saturated carbocycles. The van der Waals surface area contributed by atoms with E-state index in [1.165, 1.54) is 16.9 Å². The third kappa shape index (κ3) is 4.84. The van der Waals surface area contributed by atoms with Crippen LogP contribution >= 0.6 is 11.6 Å². The highest BCUT2D eigenvalue weighted by molar-refractivity contribution is 6.30. The minimum Gasteiger partial charge on any atom is -0.354 e. The Kier molecular flexibility index (Phi) is 5.35. The van der Waals surface area contributed by atoms with Crippen molar-refractivity contribution < 1.29 is 9.18 Å². The second kappa shape index (κ2) is 7.85. The molecule has 0 aliphatic heterocycles. The molecule has 0 bridgehead atoms. The summed E-state index contributed by atoms with van der Waals surface area (Å²) in [5, 5.41) is 15.3. The fraction of sp³-hybridized carbons (Fsp3) is 0.176. The summed E-state index contributed by atoms with van der Waals surface area (Å²) < 4.78 is 12.8. The zero-order valence-corrected chi connectivity index (χ0v) is 13.9. The third-order valence-corrected chi connectivity index (χ3v) is 3.70. The van der Waals surface area contributed by atoms with Crippen LogP contribution in [0.2, 0.25) is 5.02 Å². The van der Waals surface area contributed by atoms with Gasteiger partial charge in [0.15, 0.2) is 0 Å². The predicted octanol–water partition coefficient (Wildman–Crippen LogP) is 2.49. The van der Waals surface area contributed by atoms with Crippen LogP contribution in [-0.2, 0) is 17.8 Å². The van der Waals surface area contributed by atoms with Crippen molar-refractivity contribution in [2.24, 2.45) is 0 Å². The summed E-state index contributed by atoms with van der Waals surface area (Å²) >= 11 is 5.93. The fourth-order valence-electron chi connectivity index (χ4n) is 2.24. The minimum atomic E-state index is -0.277. The zero-order valence-electron chi connectivity index (χ0n) is 13.2. The van der Waals surface area contributed by atoms with E-state index in [4.69, 9.17) is 11.6 Å². The molecule has 0 radical (unpaired) electrons. The van der Waals surface area contributed by atoms with Gasteiger partial charge in [-0.2, -0.15) is 4.80 Å². The van der Waals surface area contributed by atoms with Crippen LogP contribution in [-0.4, -0.2) is 32.7 Å². The van der Waals surface area contributed by atoms with E-state index in [9.17, 15) is 9.18 Å². The number of hydrogen-bond acceptors (Lipinski definition) is 4. The molecule has 2 aromatic carbocycles. The molecule has 0 aliphatic carbocycles. The molecule has 0 fully saturated rings. The Morgan fingerprint density at radius 2 is 2.00 bits per heavy atom. The molecule has 0 saturated heterocycles. The minimum absolute atomic E-state index is 0.0308. The molecule has 0 atom stereocenters. The third-order valence-electron chi connectivity index (χ3n) is 3.47. The maximum Gasteiger partial charge on any atom is 0.243 e. The first-order chi connectivity index (χ1) is 12.1. The van der Waals surface area contributed by atoms with Gasteiger partial charge in [0.25, 0.3) is 0 Å². The van der Waals surface area contributed by atoms with Crippen molar-refractivity contribution in [2.75, 3.05) is 6.54 Å².